The Morgan fingerprint density at radius 1 is 1.67 bits per heavy atom. The highest BCUT2D eigenvalue weighted by molar-refractivity contribution is 6.30. The summed E-state index contributed by atoms with van der Waals surface area (Å²) in [4.78, 5) is 6.42. The molecule has 2 rings (SSSR count). The largest absolute Gasteiger partial charge is 0.315 e. The zero-order valence-electron chi connectivity index (χ0n) is 8.91. The van der Waals surface area contributed by atoms with Crippen LogP contribution in [0.5, 0.6) is 0 Å². The molecule has 0 spiro atoms. The molecule has 1 aromatic heterocycles. The van der Waals surface area contributed by atoms with Crippen molar-refractivity contribution in [1.29, 1.82) is 0 Å². The molecule has 0 saturated carbocycles. The van der Waals surface area contributed by atoms with Crippen LogP contribution in [0, 0.1) is 0 Å². The average molecular weight is 226 g/mol. The minimum atomic E-state index is 0.621. The van der Waals surface area contributed by atoms with Crippen molar-refractivity contribution in [2.75, 3.05) is 20.1 Å². The van der Waals surface area contributed by atoms with Crippen LogP contribution < -0.4 is 5.32 Å². The fourth-order valence-electron chi connectivity index (χ4n) is 1.95. The van der Waals surface area contributed by atoms with E-state index in [2.05, 4.69) is 22.2 Å². The molecule has 1 aliphatic heterocycles. The van der Waals surface area contributed by atoms with E-state index in [0.717, 1.165) is 25.2 Å². The predicted molar refractivity (Wildman–Crippen MR) is 62.0 cm³/mol. The van der Waals surface area contributed by atoms with Crippen LogP contribution >= 0.6 is 11.6 Å². The van der Waals surface area contributed by atoms with E-state index < -0.39 is 0 Å². The molecule has 3 nitrogen and oxygen atoms in total. The third-order valence-electron chi connectivity index (χ3n) is 2.91. The zero-order valence-corrected chi connectivity index (χ0v) is 9.67. The van der Waals surface area contributed by atoms with Crippen LogP contribution in [0.25, 0.3) is 0 Å². The van der Waals surface area contributed by atoms with Gasteiger partial charge in [-0.3, -0.25) is 4.90 Å². The maximum absolute atomic E-state index is 6.02. The second kappa shape index (κ2) is 4.92. The van der Waals surface area contributed by atoms with Crippen LogP contribution in [-0.2, 0) is 6.54 Å². The van der Waals surface area contributed by atoms with Crippen molar-refractivity contribution >= 4 is 11.6 Å². The van der Waals surface area contributed by atoms with Crippen molar-refractivity contribution in [2.24, 2.45) is 0 Å². The normalized spacial score (nSPS) is 21.1. The molecule has 1 saturated heterocycles. The highest BCUT2D eigenvalue weighted by Crippen LogP contribution is 2.16. The standard InChI is InChI=1S/C11H16ClN3/c1-15(10-4-6-13-7-10)8-9-3-2-5-14-11(9)12/h2-3,5,10,13H,4,6-8H2,1H3. The minimum absolute atomic E-state index is 0.621. The molecule has 0 bridgehead atoms. The third-order valence-corrected chi connectivity index (χ3v) is 3.25. The first-order valence-electron chi connectivity index (χ1n) is 5.27. The molecule has 0 radical (unpaired) electrons. The summed E-state index contributed by atoms with van der Waals surface area (Å²) in [5.41, 5.74) is 1.11. The zero-order chi connectivity index (χ0) is 10.7. The van der Waals surface area contributed by atoms with Gasteiger partial charge in [-0.15, -0.1) is 0 Å². The highest BCUT2D eigenvalue weighted by atomic mass is 35.5. The molecule has 0 aliphatic carbocycles. The maximum atomic E-state index is 6.02. The molecule has 1 N–H and O–H groups in total. The molecule has 1 atom stereocenters. The molecule has 1 unspecified atom stereocenters. The van der Waals surface area contributed by atoms with Gasteiger partial charge in [0.1, 0.15) is 5.15 Å². The summed E-state index contributed by atoms with van der Waals surface area (Å²) < 4.78 is 0. The molecular formula is C11H16ClN3. The minimum Gasteiger partial charge on any atom is -0.315 e. The van der Waals surface area contributed by atoms with E-state index in [1.54, 1.807) is 6.20 Å². The van der Waals surface area contributed by atoms with E-state index >= 15 is 0 Å². The number of nitrogens with zero attached hydrogens (tertiary/aromatic N) is 2. The van der Waals surface area contributed by atoms with Crippen LogP contribution in [0.1, 0.15) is 12.0 Å². The Labute approximate surface area is 95.4 Å². The van der Waals surface area contributed by atoms with E-state index in [4.69, 9.17) is 11.6 Å². The molecule has 1 aromatic rings. The van der Waals surface area contributed by atoms with Gasteiger partial charge in [-0.1, -0.05) is 17.7 Å². The number of rotatable bonds is 3. The maximum Gasteiger partial charge on any atom is 0.133 e. The molecule has 2 heterocycles. The number of hydrogen-bond acceptors (Lipinski definition) is 3. The molecular weight excluding hydrogens is 210 g/mol. The Morgan fingerprint density at radius 2 is 2.53 bits per heavy atom. The Bertz CT molecular complexity index is 323. The fraction of sp³-hybridized carbons (Fsp3) is 0.545. The number of nitrogens with one attached hydrogen (secondary N) is 1. The van der Waals surface area contributed by atoms with Crippen LogP contribution in [0.4, 0.5) is 0 Å². The second-order valence-corrected chi connectivity index (χ2v) is 4.37. The molecule has 0 aromatic carbocycles. The van der Waals surface area contributed by atoms with Crippen molar-refractivity contribution in [3.63, 3.8) is 0 Å². The Hall–Kier alpha value is -0.640. The van der Waals surface area contributed by atoms with Gasteiger partial charge in [-0.25, -0.2) is 4.98 Å². The smallest absolute Gasteiger partial charge is 0.133 e. The van der Waals surface area contributed by atoms with Crippen molar-refractivity contribution in [3.05, 3.63) is 29.0 Å². The van der Waals surface area contributed by atoms with Crippen LogP contribution in [0.3, 0.4) is 0 Å². The topological polar surface area (TPSA) is 28.2 Å². The summed E-state index contributed by atoms with van der Waals surface area (Å²) in [6, 6.07) is 4.59. The lowest BCUT2D eigenvalue weighted by Gasteiger charge is -2.23. The van der Waals surface area contributed by atoms with Gasteiger partial charge in [0.05, 0.1) is 0 Å². The lowest BCUT2D eigenvalue weighted by Crippen LogP contribution is -2.32. The molecule has 0 amide bonds. The van der Waals surface area contributed by atoms with E-state index in [1.807, 2.05) is 12.1 Å². The molecule has 1 aliphatic rings. The highest BCUT2D eigenvalue weighted by Gasteiger charge is 2.19. The monoisotopic (exact) mass is 225 g/mol. The van der Waals surface area contributed by atoms with Gasteiger partial charge in [0, 0.05) is 30.9 Å². The summed E-state index contributed by atoms with van der Waals surface area (Å²) in [5.74, 6) is 0. The number of aromatic nitrogens is 1. The SMILES string of the molecule is CN(Cc1cccnc1Cl)C1CCNC1. The Kier molecular flexibility index (Phi) is 3.57. The summed E-state index contributed by atoms with van der Waals surface area (Å²) in [5, 5.41) is 3.98. The number of pyridine rings is 1. The molecule has 15 heavy (non-hydrogen) atoms. The third kappa shape index (κ3) is 2.68. The van der Waals surface area contributed by atoms with Gasteiger partial charge < -0.3 is 5.32 Å². The van der Waals surface area contributed by atoms with Gasteiger partial charge in [0.2, 0.25) is 0 Å². The van der Waals surface area contributed by atoms with E-state index in [9.17, 15) is 0 Å². The van der Waals surface area contributed by atoms with Gasteiger partial charge >= 0.3 is 0 Å². The molecule has 4 heteroatoms. The van der Waals surface area contributed by atoms with E-state index in [0.29, 0.717) is 11.2 Å². The predicted octanol–water partition coefficient (Wildman–Crippen LogP) is 1.53. The second-order valence-electron chi connectivity index (χ2n) is 4.02. The summed E-state index contributed by atoms with van der Waals surface area (Å²) in [6.45, 7) is 3.07. The lowest BCUT2D eigenvalue weighted by molar-refractivity contribution is 0.248. The van der Waals surface area contributed by atoms with Gasteiger partial charge in [-0.2, -0.15) is 0 Å². The average Bonchev–Trinajstić information content (AvgIpc) is 2.74. The quantitative estimate of drug-likeness (QED) is 0.791. The van der Waals surface area contributed by atoms with Gasteiger partial charge in [0.25, 0.3) is 0 Å². The van der Waals surface area contributed by atoms with Crippen molar-refractivity contribution in [3.8, 4) is 0 Å². The number of likely N-dealkylation sites (N-methyl/N-ethyl adjacent to an activating group) is 1. The van der Waals surface area contributed by atoms with Crippen molar-refractivity contribution < 1.29 is 0 Å². The first-order chi connectivity index (χ1) is 7.27. The van der Waals surface area contributed by atoms with E-state index in [1.165, 1.54) is 6.42 Å². The van der Waals surface area contributed by atoms with Crippen LogP contribution in [0.15, 0.2) is 18.3 Å². The van der Waals surface area contributed by atoms with Gasteiger partial charge in [-0.05, 0) is 26.1 Å². The number of hydrogen-bond donors (Lipinski definition) is 1. The van der Waals surface area contributed by atoms with E-state index in [-0.39, 0.29) is 0 Å². The van der Waals surface area contributed by atoms with Gasteiger partial charge in [0.15, 0.2) is 0 Å². The van der Waals surface area contributed by atoms with Crippen LogP contribution in [0.2, 0.25) is 5.15 Å². The van der Waals surface area contributed by atoms with Crippen LogP contribution in [-0.4, -0.2) is 36.1 Å². The van der Waals surface area contributed by atoms with Crippen molar-refractivity contribution in [2.45, 2.75) is 19.0 Å². The fourth-order valence-corrected chi connectivity index (χ4v) is 2.13. The summed E-state index contributed by atoms with van der Waals surface area (Å²) >= 11 is 6.02. The van der Waals surface area contributed by atoms with Crippen molar-refractivity contribution in [1.82, 2.24) is 15.2 Å². The molecule has 82 valence electrons. The summed E-state index contributed by atoms with van der Waals surface area (Å²) in [7, 11) is 2.14. The Balaban J connectivity index is 1.99. The molecule has 1 fully saturated rings. The first kappa shape index (κ1) is 10.9. The number of halogens is 1. The lowest BCUT2D eigenvalue weighted by atomic mass is 10.2. The summed E-state index contributed by atoms with van der Waals surface area (Å²) in [6.07, 6.45) is 2.94. The first-order valence-corrected chi connectivity index (χ1v) is 5.65. The Morgan fingerprint density at radius 3 is 3.20 bits per heavy atom.